The van der Waals surface area contributed by atoms with Gasteiger partial charge in [-0.2, -0.15) is 10.3 Å². The van der Waals surface area contributed by atoms with E-state index >= 15 is 0 Å². The Bertz CT molecular complexity index is 200. The van der Waals surface area contributed by atoms with Crippen molar-refractivity contribution in [1.82, 2.24) is 0 Å². The Labute approximate surface area is 162 Å². The van der Waals surface area contributed by atoms with Gasteiger partial charge in [0.05, 0.1) is 0 Å². The summed E-state index contributed by atoms with van der Waals surface area (Å²) in [4.78, 5) is 7.50. The van der Waals surface area contributed by atoms with Gasteiger partial charge in [0, 0.05) is 0 Å². The predicted octanol–water partition coefficient (Wildman–Crippen LogP) is 7.43. The monoisotopic (exact) mass is 498 g/mol. The third kappa shape index (κ3) is 18.5. The van der Waals surface area contributed by atoms with Gasteiger partial charge >= 0.3 is 21.1 Å². The minimum atomic E-state index is 0. The van der Waals surface area contributed by atoms with Crippen LogP contribution < -0.4 is 0 Å². The Hall–Kier alpha value is 0.288. The third-order valence-corrected chi connectivity index (χ3v) is 4.96. The Kier molecular flexibility index (Phi) is 21.4. The van der Waals surface area contributed by atoms with Gasteiger partial charge in [0.2, 0.25) is 0 Å². The molecule has 1 N–H and O–H groups in total. The molecule has 2 nitrogen and oxygen atoms in total. The Balaban J connectivity index is -0.000000120. The van der Waals surface area contributed by atoms with Gasteiger partial charge in [-0.3, -0.25) is 0 Å². The molecule has 1 fully saturated rings. The van der Waals surface area contributed by atoms with E-state index in [1.807, 2.05) is 0 Å². The van der Waals surface area contributed by atoms with Crippen molar-refractivity contribution in [2.24, 2.45) is 40.9 Å². The molecule has 0 aromatic heterocycles. The second-order valence-electron chi connectivity index (χ2n) is 8.66. The molecule has 0 aromatic carbocycles. The van der Waals surface area contributed by atoms with Gasteiger partial charge in [-0.05, 0) is 35.5 Å². The average Bonchev–Trinajstić information content (AvgIpc) is 2.58. The molecule has 0 heterocycles. The smallest absolute Gasteiger partial charge is 0.338 e. The van der Waals surface area contributed by atoms with Crippen molar-refractivity contribution in [2.45, 2.75) is 82.6 Å². The summed E-state index contributed by atoms with van der Waals surface area (Å²) in [6.45, 7) is 28.6. The largest absolute Gasteiger partial charge is 2.00 e. The van der Waals surface area contributed by atoms with Crippen LogP contribution in [0.5, 0.6) is 0 Å². The van der Waals surface area contributed by atoms with E-state index in [1.54, 1.807) is 0 Å². The SMILES string of the molecule is CC1C(C)C(C)C(C)C1C.CCC(C)C.N=O.[CH2-]C(C)(C)C.[W+2]. The third-order valence-electron chi connectivity index (χ3n) is 4.96. The summed E-state index contributed by atoms with van der Waals surface area (Å²) in [7, 11) is 0. The van der Waals surface area contributed by atoms with E-state index in [0.29, 0.717) is 0 Å². The van der Waals surface area contributed by atoms with Crippen LogP contribution in [0.2, 0.25) is 0 Å². The van der Waals surface area contributed by atoms with Crippen LogP contribution in [0.4, 0.5) is 0 Å². The molecule has 1 saturated carbocycles. The van der Waals surface area contributed by atoms with E-state index in [2.05, 4.69) is 88.7 Å². The van der Waals surface area contributed by atoms with Crippen molar-refractivity contribution >= 4 is 0 Å². The fraction of sp³-hybridized carbons (Fsp3) is 0.950. The summed E-state index contributed by atoms with van der Waals surface area (Å²) in [5, 5.41) is 0. The Morgan fingerprint density at radius 2 is 0.913 bits per heavy atom. The van der Waals surface area contributed by atoms with Gasteiger partial charge in [0.15, 0.2) is 0 Å². The second-order valence-corrected chi connectivity index (χ2v) is 8.66. The first-order valence-electron chi connectivity index (χ1n) is 8.88. The molecule has 23 heavy (non-hydrogen) atoms. The van der Waals surface area contributed by atoms with Crippen LogP contribution in [0.1, 0.15) is 82.6 Å². The first-order chi connectivity index (χ1) is 9.82. The van der Waals surface area contributed by atoms with Gasteiger partial charge in [-0.25, -0.2) is 0 Å². The van der Waals surface area contributed by atoms with E-state index in [4.69, 9.17) is 4.91 Å². The Morgan fingerprint density at radius 1 is 0.826 bits per heavy atom. The maximum atomic E-state index is 7.50. The summed E-state index contributed by atoms with van der Waals surface area (Å²) in [5.41, 5.74) is 4.75. The average molecular weight is 498 g/mol. The van der Waals surface area contributed by atoms with Crippen molar-refractivity contribution in [2.75, 3.05) is 0 Å². The predicted molar refractivity (Wildman–Crippen MR) is 102 cm³/mol. The molecule has 0 spiro atoms. The number of rotatable bonds is 1. The molecule has 0 unspecified atom stereocenters. The van der Waals surface area contributed by atoms with Crippen molar-refractivity contribution in [3.8, 4) is 0 Å². The molecule has 3 heteroatoms. The molecule has 0 saturated heterocycles. The zero-order chi connectivity index (χ0) is 18.7. The van der Waals surface area contributed by atoms with Gasteiger partial charge < -0.3 is 6.92 Å². The quantitative estimate of drug-likeness (QED) is 0.297. The van der Waals surface area contributed by atoms with E-state index in [9.17, 15) is 0 Å². The summed E-state index contributed by atoms with van der Waals surface area (Å²) >= 11 is 0. The molecular weight excluding hydrogens is 454 g/mol. The maximum Gasteiger partial charge on any atom is 2.00 e. The van der Waals surface area contributed by atoms with Gasteiger partial charge in [0.25, 0.3) is 0 Å². The number of hydrogen-bond donors (Lipinski definition) is 1. The summed E-state index contributed by atoms with van der Waals surface area (Å²) in [5.74, 6) is 5.56. The zero-order valence-electron chi connectivity index (χ0n) is 17.7. The minimum absolute atomic E-state index is 0. The molecule has 0 radical (unpaired) electrons. The number of nitroso groups, excluding NO2 is 1. The van der Waals surface area contributed by atoms with Crippen molar-refractivity contribution in [3.05, 3.63) is 11.8 Å². The Morgan fingerprint density at radius 3 is 0.957 bits per heavy atom. The second kappa shape index (κ2) is 15.8. The van der Waals surface area contributed by atoms with Crippen LogP contribution in [0.3, 0.4) is 0 Å². The molecule has 0 amide bonds. The van der Waals surface area contributed by atoms with Crippen molar-refractivity contribution in [1.29, 1.82) is 5.59 Å². The van der Waals surface area contributed by atoms with Gasteiger partial charge in [0.1, 0.15) is 0 Å². The van der Waals surface area contributed by atoms with E-state index in [0.717, 1.165) is 35.5 Å². The topological polar surface area (TPSA) is 40.9 Å². The maximum absolute atomic E-state index is 7.50. The zero-order valence-corrected chi connectivity index (χ0v) is 20.6. The standard InChI is InChI=1S/C10H20.C5H11.C5H12.HNO.W/c1-6-7(2)9(4)10(5)8(6)3;1-5(2,3)4;1-4-5(2)3;1-2;/h6-10H,1-5H3;1H2,2-4H3;5H,4H2,1-3H3;1H;/q;-1;;;+2. The molecule has 0 bridgehead atoms. The molecule has 1 rings (SSSR count). The number of nitrogens with one attached hydrogen (secondary N) is 1. The van der Waals surface area contributed by atoms with Crippen molar-refractivity contribution < 1.29 is 21.1 Å². The summed E-state index contributed by atoms with van der Waals surface area (Å²) < 4.78 is 0. The van der Waals surface area contributed by atoms with Crippen LogP contribution in [0, 0.1) is 58.3 Å². The van der Waals surface area contributed by atoms with Crippen LogP contribution in [-0.4, -0.2) is 0 Å². The van der Waals surface area contributed by atoms with Crippen molar-refractivity contribution in [3.63, 3.8) is 0 Å². The fourth-order valence-electron chi connectivity index (χ4n) is 2.39. The van der Waals surface area contributed by atoms with Crippen LogP contribution >= 0.6 is 0 Å². The number of hydrogen-bond acceptors (Lipinski definition) is 2. The first kappa shape index (κ1) is 31.1. The molecule has 1 aliphatic rings. The molecule has 0 aromatic rings. The van der Waals surface area contributed by atoms with Crippen LogP contribution in [-0.2, 0) is 21.1 Å². The van der Waals surface area contributed by atoms with Crippen LogP contribution in [0.25, 0.3) is 0 Å². The molecule has 1 aliphatic carbocycles. The van der Waals surface area contributed by atoms with E-state index in [-0.39, 0.29) is 26.5 Å². The minimum Gasteiger partial charge on any atom is -0.338 e. The molecule has 0 aliphatic heterocycles. The first-order valence-corrected chi connectivity index (χ1v) is 8.88. The summed E-state index contributed by atoms with van der Waals surface area (Å²) in [6.07, 6.45) is 1.31. The summed E-state index contributed by atoms with van der Waals surface area (Å²) in [6, 6.07) is 0. The molecule has 140 valence electrons. The van der Waals surface area contributed by atoms with E-state index in [1.165, 1.54) is 6.42 Å². The fourth-order valence-corrected chi connectivity index (χ4v) is 2.39. The van der Waals surface area contributed by atoms with Gasteiger partial charge in [-0.15, -0.1) is 0 Å². The normalized spacial score (nSPS) is 29.0. The molecular formula is C20H44NOW+. The van der Waals surface area contributed by atoms with Gasteiger partial charge in [-0.1, -0.05) is 88.2 Å². The van der Waals surface area contributed by atoms with Crippen LogP contribution in [0.15, 0.2) is 0 Å². The van der Waals surface area contributed by atoms with E-state index < -0.39 is 0 Å². The molecule has 0 atom stereocenters.